The van der Waals surface area contributed by atoms with E-state index in [2.05, 4.69) is 23.8 Å². The van der Waals surface area contributed by atoms with Gasteiger partial charge in [-0.15, -0.1) is 0 Å². The van der Waals surface area contributed by atoms with Gasteiger partial charge >= 0.3 is 0 Å². The van der Waals surface area contributed by atoms with Gasteiger partial charge in [0, 0.05) is 18.8 Å². The smallest absolute Gasteiger partial charge is 0.0644 e. The summed E-state index contributed by atoms with van der Waals surface area (Å²) in [6.07, 6.45) is 4.27. The van der Waals surface area contributed by atoms with Crippen molar-refractivity contribution in [2.45, 2.75) is 26.2 Å². The van der Waals surface area contributed by atoms with Gasteiger partial charge < -0.3 is 5.73 Å². The van der Waals surface area contributed by atoms with Gasteiger partial charge in [-0.1, -0.05) is 13.8 Å². The Morgan fingerprint density at radius 2 is 2.00 bits per heavy atom. The van der Waals surface area contributed by atoms with Crippen molar-refractivity contribution in [1.82, 2.24) is 9.97 Å². The van der Waals surface area contributed by atoms with Gasteiger partial charge in [-0.3, -0.25) is 9.97 Å². The number of aromatic nitrogens is 2. The van der Waals surface area contributed by atoms with Crippen LogP contribution in [-0.4, -0.2) is 16.5 Å². The molecular weight excluding hydrogens is 150 g/mol. The summed E-state index contributed by atoms with van der Waals surface area (Å²) >= 11 is 0. The Hall–Kier alpha value is -0.960. The lowest BCUT2D eigenvalue weighted by atomic mass is 10.1. The molecule has 1 heterocycles. The maximum atomic E-state index is 5.46. The summed E-state index contributed by atoms with van der Waals surface area (Å²) < 4.78 is 0. The molecule has 3 nitrogen and oxygen atoms in total. The summed E-state index contributed by atoms with van der Waals surface area (Å²) in [5.41, 5.74) is 7.57. The molecule has 0 aliphatic heterocycles. The van der Waals surface area contributed by atoms with Gasteiger partial charge in [-0.05, 0) is 12.5 Å². The van der Waals surface area contributed by atoms with Crippen molar-refractivity contribution >= 4 is 0 Å². The molecule has 0 radical (unpaired) electrons. The summed E-state index contributed by atoms with van der Waals surface area (Å²) in [6.45, 7) is 4.87. The molecule has 0 unspecified atom stereocenters. The monoisotopic (exact) mass is 165 g/mol. The van der Waals surface area contributed by atoms with Gasteiger partial charge in [-0.2, -0.15) is 0 Å². The average Bonchev–Trinajstić information content (AvgIpc) is 2.05. The molecule has 0 aromatic carbocycles. The average molecular weight is 165 g/mol. The number of hydrogen-bond acceptors (Lipinski definition) is 3. The topological polar surface area (TPSA) is 51.8 Å². The van der Waals surface area contributed by atoms with Gasteiger partial charge in [0.2, 0.25) is 0 Å². The number of rotatable bonds is 3. The lowest BCUT2D eigenvalue weighted by Gasteiger charge is -2.08. The lowest BCUT2D eigenvalue weighted by Crippen LogP contribution is -2.09. The molecule has 3 heteroatoms. The van der Waals surface area contributed by atoms with E-state index in [1.807, 2.05) is 0 Å². The second-order valence-electron chi connectivity index (χ2n) is 3.08. The maximum Gasteiger partial charge on any atom is 0.0644 e. The van der Waals surface area contributed by atoms with Gasteiger partial charge in [0.25, 0.3) is 0 Å². The highest BCUT2D eigenvalue weighted by atomic mass is 14.8. The minimum atomic E-state index is 0.431. The van der Waals surface area contributed by atoms with E-state index in [1.54, 1.807) is 12.4 Å². The van der Waals surface area contributed by atoms with Crippen LogP contribution in [0.1, 0.15) is 31.2 Å². The van der Waals surface area contributed by atoms with Crippen molar-refractivity contribution in [3.63, 3.8) is 0 Å². The van der Waals surface area contributed by atoms with Crippen molar-refractivity contribution in [3.05, 3.63) is 23.8 Å². The van der Waals surface area contributed by atoms with Crippen molar-refractivity contribution in [3.8, 4) is 0 Å². The highest BCUT2D eigenvalue weighted by Gasteiger charge is 2.07. The van der Waals surface area contributed by atoms with Gasteiger partial charge in [-0.25, -0.2) is 0 Å². The molecule has 0 saturated heterocycles. The standard InChI is InChI=1S/C9H15N3/c1-7(2)9-8(3-4-10)11-5-6-12-9/h5-7H,3-4,10H2,1-2H3. The van der Waals surface area contributed by atoms with Crippen LogP contribution in [0, 0.1) is 0 Å². The molecule has 0 fully saturated rings. The molecule has 0 aliphatic rings. The maximum absolute atomic E-state index is 5.46. The van der Waals surface area contributed by atoms with Crippen LogP contribution >= 0.6 is 0 Å². The normalized spacial score (nSPS) is 10.7. The molecule has 12 heavy (non-hydrogen) atoms. The molecule has 1 aromatic rings. The molecular formula is C9H15N3. The van der Waals surface area contributed by atoms with E-state index in [4.69, 9.17) is 5.73 Å². The van der Waals surface area contributed by atoms with Crippen LogP contribution in [0.15, 0.2) is 12.4 Å². The van der Waals surface area contributed by atoms with Gasteiger partial charge in [0.15, 0.2) is 0 Å². The van der Waals surface area contributed by atoms with Crippen molar-refractivity contribution in [2.24, 2.45) is 5.73 Å². The van der Waals surface area contributed by atoms with Crippen molar-refractivity contribution in [1.29, 1.82) is 0 Å². The highest BCUT2D eigenvalue weighted by Crippen LogP contribution is 2.13. The first kappa shape index (κ1) is 9.13. The first-order chi connectivity index (χ1) is 5.75. The molecule has 0 atom stereocenters. The van der Waals surface area contributed by atoms with E-state index in [0.29, 0.717) is 12.5 Å². The Bertz CT molecular complexity index is 245. The Morgan fingerprint density at radius 3 is 2.58 bits per heavy atom. The van der Waals surface area contributed by atoms with Crippen LogP contribution < -0.4 is 5.73 Å². The fourth-order valence-corrected chi connectivity index (χ4v) is 1.19. The SMILES string of the molecule is CC(C)c1nccnc1CCN. The van der Waals surface area contributed by atoms with E-state index in [9.17, 15) is 0 Å². The third kappa shape index (κ3) is 2.01. The molecule has 0 spiro atoms. The summed E-state index contributed by atoms with van der Waals surface area (Å²) in [6, 6.07) is 0. The number of hydrogen-bond donors (Lipinski definition) is 1. The Balaban J connectivity index is 2.92. The molecule has 66 valence electrons. The Morgan fingerprint density at radius 1 is 1.33 bits per heavy atom. The summed E-state index contributed by atoms with van der Waals surface area (Å²) in [4.78, 5) is 8.53. The van der Waals surface area contributed by atoms with E-state index < -0.39 is 0 Å². The fourth-order valence-electron chi connectivity index (χ4n) is 1.19. The van der Waals surface area contributed by atoms with Crippen LogP contribution in [0.5, 0.6) is 0 Å². The van der Waals surface area contributed by atoms with E-state index in [-0.39, 0.29) is 0 Å². The van der Waals surface area contributed by atoms with Crippen molar-refractivity contribution < 1.29 is 0 Å². The zero-order chi connectivity index (χ0) is 8.97. The van der Waals surface area contributed by atoms with Crippen LogP contribution in [0.3, 0.4) is 0 Å². The zero-order valence-electron chi connectivity index (χ0n) is 7.62. The second-order valence-corrected chi connectivity index (χ2v) is 3.08. The summed E-state index contributed by atoms with van der Waals surface area (Å²) in [5, 5.41) is 0. The number of nitrogens with zero attached hydrogens (tertiary/aromatic N) is 2. The van der Waals surface area contributed by atoms with Gasteiger partial charge in [0.05, 0.1) is 11.4 Å². The van der Waals surface area contributed by atoms with Crippen LogP contribution in [0.4, 0.5) is 0 Å². The second kappa shape index (κ2) is 4.16. The molecule has 1 aromatic heterocycles. The third-order valence-corrected chi connectivity index (χ3v) is 1.73. The zero-order valence-corrected chi connectivity index (χ0v) is 7.62. The largest absolute Gasteiger partial charge is 0.330 e. The highest BCUT2D eigenvalue weighted by molar-refractivity contribution is 5.14. The molecule has 0 saturated carbocycles. The predicted octanol–water partition coefficient (Wildman–Crippen LogP) is 1.10. The molecule has 0 aliphatic carbocycles. The van der Waals surface area contributed by atoms with E-state index in [1.165, 1.54) is 0 Å². The van der Waals surface area contributed by atoms with Gasteiger partial charge in [0.1, 0.15) is 0 Å². The Kier molecular flexibility index (Phi) is 3.17. The quantitative estimate of drug-likeness (QED) is 0.729. The predicted molar refractivity (Wildman–Crippen MR) is 48.9 cm³/mol. The molecule has 1 rings (SSSR count). The molecule has 2 N–H and O–H groups in total. The Labute approximate surface area is 73.0 Å². The van der Waals surface area contributed by atoms with Crippen molar-refractivity contribution in [2.75, 3.05) is 6.54 Å². The first-order valence-corrected chi connectivity index (χ1v) is 4.25. The third-order valence-electron chi connectivity index (χ3n) is 1.73. The minimum absolute atomic E-state index is 0.431. The van der Waals surface area contributed by atoms with E-state index in [0.717, 1.165) is 17.8 Å². The first-order valence-electron chi connectivity index (χ1n) is 4.25. The summed E-state index contributed by atoms with van der Waals surface area (Å²) in [7, 11) is 0. The number of nitrogens with two attached hydrogens (primary N) is 1. The summed E-state index contributed by atoms with van der Waals surface area (Å²) in [5.74, 6) is 0.431. The molecule has 0 amide bonds. The van der Waals surface area contributed by atoms with Crippen LogP contribution in [0.2, 0.25) is 0 Å². The van der Waals surface area contributed by atoms with Crippen LogP contribution in [-0.2, 0) is 6.42 Å². The minimum Gasteiger partial charge on any atom is -0.330 e. The fraction of sp³-hybridized carbons (Fsp3) is 0.556. The van der Waals surface area contributed by atoms with Crippen LogP contribution in [0.25, 0.3) is 0 Å². The van der Waals surface area contributed by atoms with E-state index >= 15 is 0 Å². The lowest BCUT2D eigenvalue weighted by molar-refractivity contribution is 0.766. The molecule has 0 bridgehead atoms.